The zero-order valence-electron chi connectivity index (χ0n) is 12.9. The summed E-state index contributed by atoms with van der Waals surface area (Å²) < 4.78 is 0. The minimum atomic E-state index is -0.0249. The minimum absolute atomic E-state index is 0.0249. The Morgan fingerprint density at radius 1 is 1.14 bits per heavy atom. The van der Waals surface area contributed by atoms with Crippen LogP contribution in [0.2, 0.25) is 0 Å². The van der Waals surface area contributed by atoms with Crippen molar-refractivity contribution in [3.63, 3.8) is 0 Å². The summed E-state index contributed by atoms with van der Waals surface area (Å²) in [6.45, 7) is 0.546. The summed E-state index contributed by atoms with van der Waals surface area (Å²) in [6, 6.07) is 11.0. The van der Waals surface area contributed by atoms with E-state index in [9.17, 15) is 4.79 Å². The Labute approximate surface area is 127 Å². The van der Waals surface area contributed by atoms with Crippen molar-refractivity contribution in [2.75, 3.05) is 13.6 Å². The number of benzene rings is 1. The summed E-state index contributed by atoms with van der Waals surface area (Å²) in [5.41, 5.74) is 1.75. The molecule has 0 spiro atoms. The topological polar surface area (TPSA) is 29.1 Å². The quantitative estimate of drug-likeness (QED) is 0.918. The van der Waals surface area contributed by atoms with Crippen LogP contribution >= 0.6 is 0 Å². The smallest absolute Gasteiger partial charge is 0.152 e. The molecular formula is C19H25NO. The fraction of sp³-hybridized carbons (Fsp3) is 0.632. The van der Waals surface area contributed by atoms with E-state index in [2.05, 4.69) is 35.6 Å². The molecule has 21 heavy (non-hydrogen) atoms. The van der Waals surface area contributed by atoms with E-state index in [1.807, 2.05) is 7.05 Å². The molecule has 2 nitrogen and oxygen atoms in total. The molecule has 0 aliphatic heterocycles. The van der Waals surface area contributed by atoms with Crippen molar-refractivity contribution >= 4 is 5.78 Å². The van der Waals surface area contributed by atoms with Gasteiger partial charge in [0.25, 0.3) is 0 Å². The summed E-state index contributed by atoms with van der Waals surface area (Å²) in [6.07, 6.45) is 7.38. The van der Waals surface area contributed by atoms with Gasteiger partial charge in [0.15, 0.2) is 5.78 Å². The van der Waals surface area contributed by atoms with Crippen molar-refractivity contribution in [2.45, 2.75) is 43.9 Å². The Hall–Kier alpha value is -1.15. The number of hydrogen-bond donors (Lipinski definition) is 1. The van der Waals surface area contributed by atoms with Gasteiger partial charge in [-0.05, 0) is 68.4 Å². The van der Waals surface area contributed by atoms with E-state index >= 15 is 0 Å². The van der Waals surface area contributed by atoms with Gasteiger partial charge in [-0.15, -0.1) is 0 Å². The predicted molar refractivity (Wildman–Crippen MR) is 84.2 cm³/mol. The lowest BCUT2D eigenvalue weighted by atomic mass is 9.42. The summed E-state index contributed by atoms with van der Waals surface area (Å²) in [5.74, 6) is 2.01. The molecule has 4 aliphatic rings. The molecule has 4 atom stereocenters. The van der Waals surface area contributed by atoms with Crippen LogP contribution in [0.5, 0.6) is 0 Å². The second-order valence-electron chi connectivity index (χ2n) is 7.84. The molecular weight excluding hydrogens is 258 g/mol. The van der Waals surface area contributed by atoms with Crippen molar-refractivity contribution in [1.82, 2.24) is 5.32 Å². The summed E-state index contributed by atoms with van der Waals surface area (Å²) in [5, 5.41) is 3.10. The van der Waals surface area contributed by atoms with Gasteiger partial charge in [-0.2, -0.15) is 0 Å². The molecule has 1 aromatic rings. The van der Waals surface area contributed by atoms with Crippen LogP contribution in [-0.4, -0.2) is 19.4 Å². The van der Waals surface area contributed by atoms with Crippen molar-refractivity contribution in [1.29, 1.82) is 0 Å². The standard InChI is InChI=1S/C19H25NO/c1-20-12-17(21)19-10-14-7-15(11-19)9-18(8-14,13-19)16-5-3-2-4-6-16/h2-6,14-15,20H,7-13H2,1H3/t14-,15+,18?,19?. The number of carbonyl (C=O) groups excluding carboxylic acids is 1. The van der Waals surface area contributed by atoms with Crippen LogP contribution < -0.4 is 5.32 Å². The fourth-order valence-corrected chi connectivity index (χ4v) is 6.07. The Morgan fingerprint density at radius 3 is 2.43 bits per heavy atom. The second kappa shape index (κ2) is 4.67. The highest BCUT2D eigenvalue weighted by Gasteiger charge is 2.60. The molecule has 0 radical (unpaired) electrons. The third kappa shape index (κ3) is 1.99. The lowest BCUT2D eigenvalue weighted by Crippen LogP contribution is -2.57. The molecule has 4 fully saturated rings. The maximum atomic E-state index is 12.8. The lowest BCUT2D eigenvalue weighted by molar-refractivity contribution is -0.145. The normalized spacial score (nSPS) is 40.4. The van der Waals surface area contributed by atoms with E-state index in [0.29, 0.717) is 12.3 Å². The third-order valence-electron chi connectivity index (χ3n) is 6.38. The van der Waals surface area contributed by atoms with E-state index in [1.165, 1.54) is 24.8 Å². The number of likely N-dealkylation sites (N-methyl/N-ethyl adjacent to an activating group) is 1. The molecule has 0 amide bonds. The average molecular weight is 283 g/mol. The molecule has 0 aromatic heterocycles. The van der Waals surface area contributed by atoms with E-state index in [1.54, 1.807) is 0 Å². The molecule has 0 saturated heterocycles. The predicted octanol–water partition coefficient (Wildman–Crippen LogP) is 3.31. The number of carbonyl (C=O) groups is 1. The van der Waals surface area contributed by atoms with Gasteiger partial charge in [-0.1, -0.05) is 30.3 Å². The number of Topliss-reactive ketones (excluding diaryl/α,β-unsaturated/α-hetero) is 1. The monoisotopic (exact) mass is 283 g/mol. The van der Waals surface area contributed by atoms with Crippen LogP contribution in [0.3, 0.4) is 0 Å². The average Bonchev–Trinajstić information content (AvgIpc) is 2.47. The number of rotatable bonds is 4. The van der Waals surface area contributed by atoms with Crippen LogP contribution in [-0.2, 0) is 10.2 Å². The summed E-state index contributed by atoms with van der Waals surface area (Å²) >= 11 is 0. The first-order chi connectivity index (χ1) is 10.2. The molecule has 1 N–H and O–H groups in total. The maximum Gasteiger partial charge on any atom is 0.152 e. The molecule has 4 bridgehead atoms. The van der Waals surface area contributed by atoms with Gasteiger partial charge in [0.05, 0.1) is 6.54 Å². The first kappa shape index (κ1) is 13.5. The number of nitrogens with one attached hydrogen (secondary N) is 1. The molecule has 4 aliphatic carbocycles. The van der Waals surface area contributed by atoms with E-state index in [0.717, 1.165) is 31.1 Å². The number of hydrogen-bond acceptors (Lipinski definition) is 2. The zero-order chi connectivity index (χ0) is 14.5. The Balaban J connectivity index is 1.73. The summed E-state index contributed by atoms with van der Waals surface area (Å²) in [4.78, 5) is 12.8. The minimum Gasteiger partial charge on any atom is -0.313 e. The van der Waals surface area contributed by atoms with Crippen LogP contribution in [0.4, 0.5) is 0 Å². The molecule has 1 aromatic carbocycles. The SMILES string of the molecule is CNCC(=O)C12C[C@H]3C[C@@H](C1)CC(c1ccccc1)(C3)C2. The first-order valence-electron chi connectivity index (χ1n) is 8.39. The molecule has 5 rings (SSSR count). The highest BCUT2D eigenvalue weighted by Crippen LogP contribution is 2.65. The van der Waals surface area contributed by atoms with Gasteiger partial charge < -0.3 is 5.32 Å². The Kier molecular flexibility index (Phi) is 3.01. The highest BCUT2D eigenvalue weighted by molar-refractivity contribution is 5.87. The largest absolute Gasteiger partial charge is 0.313 e. The third-order valence-corrected chi connectivity index (χ3v) is 6.38. The van der Waals surface area contributed by atoms with Crippen LogP contribution in [0.25, 0.3) is 0 Å². The van der Waals surface area contributed by atoms with Crippen LogP contribution in [0.1, 0.15) is 44.1 Å². The van der Waals surface area contributed by atoms with Gasteiger partial charge in [0.2, 0.25) is 0 Å². The molecule has 2 heteroatoms. The van der Waals surface area contributed by atoms with Crippen LogP contribution in [0, 0.1) is 17.3 Å². The van der Waals surface area contributed by atoms with Crippen LogP contribution in [0.15, 0.2) is 30.3 Å². The molecule has 112 valence electrons. The highest BCUT2D eigenvalue weighted by atomic mass is 16.1. The number of ketones is 1. The van der Waals surface area contributed by atoms with Crippen molar-refractivity contribution in [3.05, 3.63) is 35.9 Å². The van der Waals surface area contributed by atoms with Gasteiger partial charge >= 0.3 is 0 Å². The van der Waals surface area contributed by atoms with Gasteiger partial charge in [-0.25, -0.2) is 0 Å². The molecule has 2 unspecified atom stereocenters. The lowest BCUT2D eigenvalue weighted by Gasteiger charge is -2.61. The second-order valence-corrected chi connectivity index (χ2v) is 7.84. The van der Waals surface area contributed by atoms with Gasteiger partial charge in [-0.3, -0.25) is 4.79 Å². The zero-order valence-corrected chi connectivity index (χ0v) is 12.9. The van der Waals surface area contributed by atoms with E-state index in [-0.39, 0.29) is 10.8 Å². The molecule has 0 heterocycles. The Bertz CT molecular complexity index is 536. The van der Waals surface area contributed by atoms with Gasteiger partial charge in [0.1, 0.15) is 0 Å². The fourth-order valence-electron chi connectivity index (χ4n) is 6.07. The van der Waals surface area contributed by atoms with E-state index in [4.69, 9.17) is 0 Å². The van der Waals surface area contributed by atoms with Gasteiger partial charge in [0, 0.05) is 5.41 Å². The van der Waals surface area contributed by atoms with Crippen molar-refractivity contribution in [2.24, 2.45) is 17.3 Å². The van der Waals surface area contributed by atoms with Crippen molar-refractivity contribution < 1.29 is 4.79 Å². The molecule has 4 saturated carbocycles. The first-order valence-corrected chi connectivity index (χ1v) is 8.39. The van der Waals surface area contributed by atoms with Crippen molar-refractivity contribution in [3.8, 4) is 0 Å². The maximum absolute atomic E-state index is 12.8. The Morgan fingerprint density at radius 2 is 1.81 bits per heavy atom. The van der Waals surface area contributed by atoms with E-state index < -0.39 is 0 Å². The summed E-state index contributed by atoms with van der Waals surface area (Å²) in [7, 11) is 1.89.